The number of sulfone groups is 1. The van der Waals surface area contributed by atoms with Crippen LogP contribution in [0.1, 0.15) is 23.2 Å². The maximum Gasteiger partial charge on any atom is 0.323 e. The van der Waals surface area contributed by atoms with E-state index in [0.717, 1.165) is 6.26 Å². The molecule has 132 valence electrons. The number of carbonyl (C=O) groups excluding carboxylic acids is 1. The molecule has 1 aromatic carbocycles. The molecule has 0 aliphatic carbocycles. The fourth-order valence-corrected chi connectivity index (χ4v) is 3.41. The van der Waals surface area contributed by atoms with E-state index in [2.05, 4.69) is 0 Å². The summed E-state index contributed by atoms with van der Waals surface area (Å²) in [6.07, 6.45) is 2.06. The van der Waals surface area contributed by atoms with Crippen molar-refractivity contribution in [2.45, 2.75) is 23.8 Å². The Morgan fingerprint density at radius 1 is 1.33 bits per heavy atom. The normalized spacial score (nSPS) is 15.9. The highest BCUT2D eigenvalue weighted by molar-refractivity contribution is 7.90. The summed E-state index contributed by atoms with van der Waals surface area (Å²) in [4.78, 5) is 25.1. The van der Waals surface area contributed by atoms with Gasteiger partial charge in [0.1, 0.15) is 6.54 Å². The minimum atomic E-state index is -3.51. The highest BCUT2D eigenvalue weighted by Gasteiger charge is 2.30. The van der Waals surface area contributed by atoms with Gasteiger partial charge in [-0.05, 0) is 31.0 Å². The molecule has 2 rings (SSSR count). The number of rotatable bonds is 5. The van der Waals surface area contributed by atoms with E-state index in [0.29, 0.717) is 26.1 Å². The van der Waals surface area contributed by atoms with E-state index in [1.165, 1.54) is 23.1 Å². The molecule has 0 atom stereocenters. The maximum absolute atomic E-state index is 12.8. The summed E-state index contributed by atoms with van der Waals surface area (Å²) < 4.78 is 28.6. The summed E-state index contributed by atoms with van der Waals surface area (Å²) in [5, 5.41) is 9.19. The molecule has 0 radical (unpaired) electrons. The lowest BCUT2D eigenvalue weighted by Gasteiger charge is -2.33. The molecule has 1 aliphatic rings. The van der Waals surface area contributed by atoms with Crippen LogP contribution in [0.2, 0.25) is 5.02 Å². The lowest BCUT2D eigenvalue weighted by Crippen LogP contribution is -2.46. The number of halogens is 1. The second kappa shape index (κ2) is 7.50. The van der Waals surface area contributed by atoms with Crippen molar-refractivity contribution < 1.29 is 27.9 Å². The molecule has 0 bridgehead atoms. The van der Waals surface area contributed by atoms with Crippen molar-refractivity contribution in [1.82, 2.24) is 4.90 Å². The second-order valence-electron chi connectivity index (χ2n) is 5.58. The van der Waals surface area contributed by atoms with Crippen LogP contribution in [0.15, 0.2) is 23.1 Å². The molecule has 1 amide bonds. The molecule has 1 aromatic rings. The molecule has 1 saturated heterocycles. The predicted molar refractivity (Wildman–Crippen MR) is 87.1 cm³/mol. The van der Waals surface area contributed by atoms with Gasteiger partial charge in [-0.15, -0.1) is 0 Å². The van der Waals surface area contributed by atoms with Crippen molar-refractivity contribution in [3.05, 3.63) is 28.8 Å². The van der Waals surface area contributed by atoms with Crippen molar-refractivity contribution in [2.24, 2.45) is 0 Å². The van der Waals surface area contributed by atoms with Gasteiger partial charge in [0.05, 0.1) is 15.5 Å². The maximum atomic E-state index is 12.8. The number of carbonyl (C=O) groups is 2. The summed E-state index contributed by atoms with van der Waals surface area (Å²) in [5.74, 6) is -1.75. The number of nitrogens with zero attached hydrogens (tertiary/aromatic N) is 1. The highest BCUT2D eigenvalue weighted by Crippen LogP contribution is 2.24. The van der Waals surface area contributed by atoms with Crippen LogP contribution >= 0.6 is 11.6 Å². The summed E-state index contributed by atoms with van der Waals surface area (Å²) >= 11 is 6.05. The third kappa shape index (κ3) is 4.46. The van der Waals surface area contributed by atoms with Gasteiger partial charge in [0.25, 0.3) is 5.91 Å². The van der Waals surface area contributed by atoms with Gasteiger partial charge in [-0.3, -0.25) is 9.59 Å². The molecule has 9 heteroatoms. The Morgan fingerprint density at radius 2 is 1.96 bits per heavy atom. The Morgan fingerprint density at radius 3 is 2.50 bits per heavy atom. The number of carboxylic acids is 1. The average Bonchev–Trinajstić information content (AvgIpc) is 2.52. The van der Waals surface area contributed by atoms with Crippen molar-refractivity contribution >= 4 is 33.3 Å². The zero-order valence-electron chi connectivity index (χ0n) is 13.1. The number of carboxylic acid groups (broad SMARTS) is 1. The summed E-state index contributed by atoms with van der Waals surface area (Å²) in [6, 6.07) is 3.53. The van der Waals surface area contributed by atoms with E-state index in [1.54, 1.807) is 0 Å². The van der Waals surface area contributed by atoms with Gasteiger partial charge in [0.2, 0.25) is 0 Å². The van der Waals surface area contributed by atoms with Crippen LogP contribution in [0.25, 0.3) is 0 Å². The van der Waals surface area contributed by atoms with Crippen LogP contribution in [0.5, 0.6) is 0 Å². The molecule has 0 saturated carbocycles. The first kappa shape index (κ1) is 18.7. The topological polar surface area (TPSA) is 101 Å². The van der Waals surface area contributed by atoms with Crippen LogP contribution in [-0.2, 0) is 19.4 Å². The average molecular weight is 376 g/mol. The second-order valence-corrected chi connectivity index (χ2v) is 8.01. The van der Waals surface area contributed by atoms with Gasteiger partial charge in [0, 0.05) is 25.5 Å². The lowest BCUT2D eigenvalue weighted by molar-refractivity contribution is -0.138. The zero-order chi connectivity index (χ0) is 17.9. The van der Waals surface area contributed by atoms with Crippen LogP contribution in [0, 0.1) is 0 Å². The Hall–Kier alpha value is -1.64. The van der Waals surface area contributed by atoms with Gasteiger partial charge in [-0.1, -0.05) is 11.6 Å². The van der Waals surface area contributed by atoms with Crippen molar-refractivity contribution in [1.29, 1.82) is 0 Å². The van der Waals surface area contributed by atoms with Gasteiger partial charge < -0.3 is 14.7 Å². The Kier molecular flexibility index (Phi) is 5.84. The monoisotopic (exact) mass is 375 g/mol. The minimum absolute atomic E-state index is 0.0210. The van der Waals surface area contributed by atoms with E-state index in [4.69, 9.17) is 21.4 Å². The summed E-state index contributed by atoms with van der Waals surface area (Å²) in [5.41, 5.74) is -0.0210. The van der Waals surface area contributed by atoms with Crippen molar-refractivity contribution in [2.75, 3.05) is 26.0 Å². The fourth-order valence-electron chi connectivity index (χ4n) is 2.56. The van der Waals surface area contributed by atoms with Crippen LogP contribution in [0.3, 0.4) is 0 Å². The molecular formula is C15H18ClNO6S. The van der Waals surface area contributed by atoms with E-state index < -0.39 is 28.3 Å². The molecule has 0 spiro atoms. The van der Waals surface area contributed by atoms with Gasteiger partial charge in [-0.2, -0.15) is 0 Å². The Balaban J connectivity index is 2.39. The van der Waals surface area contributed by atoms with E-state index in [-0.39, 0.29) is 21.5 Å². The molecule has 1 fully saturated rings. The summed E-state index contributed by atoms with van der Waals surface area (Å²) in [6.45, 7) is 0.388. The SMILES string of the molecule is CS(=O)(=O)c1ccc(Cl)c(C(=O)N(CC(=O)O)C2CCOCC2)c1. The Bertz CT molecular complexity index is 742. The standard InChI is InChI=1S/C15H18ClNO6S/c1-24(21,22)11-2-3-13(16)12(8-11)15(20)17(9-14(18)19)10-4-6-23-7-5-10/h2-3,8,10H,4-7,9H2,1H3,(H,18,19). The molecule has 1 heterocycles. The minimum Gasteiger partial charge on any atom is -0.480 e. The quantitative estimate of drug-likeness (QED) is 0.835. The number of hydrogen-bond acceptors (Lipinski definition) is 5. The van der Waals surface area contributed by atoms with Gasteiger partial charge in [-0.25, -0.2) is 8.42 Å². The molecule has 0 unspecified atom stereocenters. The number of hydrogen-bond donors (Lipinski definition) is 1. The smallest absolute Gasteiger partial charge is 0.323 e. The molecule has 1 N–H and O–H groups in total. The highest BCUT2D eigenvalue weighted by atomic mass is 35.5. The van der Waals surface area contributed by atoms with Crippen molar-refractivity contribution in [3.63, 3.8) is 0 Å². The molecule has 1 aliphatic heterocycles. The molecule has 0 aromatic heterocycles. The van der Waals surface area contributed by atoms with Crippen LogP contribution < -0.4 is 0 Å². The molecule has 7 nitrogen and oxygen atoms in total. The van der Waals surface area contributed by atoms with Gasteiger partial charge in [0.15, 0.2) is 9.84 Å². The first-order valence-corrected chi connectivity index (χ1v) is 9.57. The lowest BCUT2D eigenvalue weighted by atomic mass is 10.1. The Labute approximate surface area is 145 Å². The molecule has 24 heavy (non-hydrogen) atoms. The number of benzene rings is 1. The van der Waals surface area contributed by atoms with Crippen molar-refractivity contribution in [3.8, 4) is 0 Å². The first-order valence-electron chi connectivity index (χ1n) is 7.30. The van der Waals surface area contributed by atoms with Crippen LogP contribution in [-0.4, -0.2) is 62.4 Å². The number of amides is 1. The van der Waals surface area contributed by atoms with Crippen LogP contribution in [0.4, 0.5) is 0 Å². The third-order valence-corrected chi connectivity index (χ3v) is 5.23. The van der Waals surface area contributed by atoms with E-state index >= 15 is 0 Å². The molecular weight excluding hydrogens is 358 g/mol. The fraction of sp³-hybridized carbons (Fsp3) is 0.467. The summed E-state index contributed by atoms with van der Waals surface area (Å²) in [7, 11) is -3.51. The number of aliphatic carboxylic acids is 1. The zero-order valence-corrected chi connectivity index (χ0v) is 14.6. The number of ether oxygens (including phenoxy) is 1. The van der Waals surface area contributed by atoms with Gasteiger partial charge >= 0.3 is 5.97 Å². The van der Waals surface area contributed by atoms with E-state index in [1.807, 2.05) is 0 Å². The predicted octanol–water partition coefficient (Wildman–Crippen LogP) is 1.45. The first-order chi connectivity index (χ1) is 11.2. The third-order valence-electron chi connectivity index (χ3n) is 3.79. The largest absolute Gasteiger partial charge is 0.480 e. The van der Waals surface area contributed by atoms with E-state index in [9.17, 15) is 18.0 Å².